The molecule has 0 spiro atoms. The first-order valence-corrected chi connectivity index (χ1v) is 8.32. The van der Waals surface area contributed by atoms with Crippen LogP contribution in [-0.4, -0.2) is 28.5 Å². The quantitative estimate of drug-likeness (QED) is 0.699. The van der Waals surface area contributed by atoms with E-state index in [1.807, 2.05) is 6.92 Å². The second kappa shape index (κ2) is 6.86. The smallest absolute Gasteiger partial charge is 0.348 e. The Labute approximate surface area is 147 Å². The molecule has 7 nitrogen and oxygen atoms in total. The molecule has 8 heteroatoms. The number of ether oxygens (including phenoxy) is 1. The minimum atomic E-state index is -1.23. The highest BCUT2D eigenvalue weighted by molar-refractivity contribution is 7.20. The van der Waals surface area contributed by atoms with Crippen molar-refractivity contribution in [2.24, 2.45) is 0 Å². The van der Waals surface area contributed by atoms with Gasteiger partial charge in [0.05, 0.1) is 18.0 Å². The maximum atomic E-state index is 12.1. The molecule has 128 valence electrons. The van der Waals surface area contributed by atoms with E-state index in [9.17, 15) is 14.7 Å². The molecule has 0 bridgehead atoms. The van der Waals surface area contributed by atoms with E-state index in [0.29, 0.717) is 27.8 Å². The molecule has 2 aromatic heterocycles. The number of aromatic carboxylic acids is 1. The van der Waals surface area contributed by atoms with Crippen LogP contribution in [0.4, 0.5) is 11.5 Å². The molecule has 0 atom stereocenters. The minimum Gasteiger partial charge on any atom is -0.545 e. The second-order valence-corrected chi connectivity index (χ2v) is 6.17. The monoisotopic (exact) mass is 356 g/mol. The summed E-state index contributed by atoms with van der Waals surface area (Å²) in [5, 5.41) is 14.7. The molecule has 0 fully saturated rings. The number of benzene rings is 1. The van der Waals surface area contributed by atoms with Crippen molar-refractivity contribution in [3.05, 3.63) is 46.6 Å². The van der Waals surface area contributed by atoms with Gasteiger partial charge in [0.1, 0.15) is 21.9 Å². The number of nitrogens with zero attached hydrogens (tertiary/aromatic N) is 2. The van der Waals surface area contributed by atoms with Crippen molar-refractivity contribution < 1.29 is 19.4 Å². The largest absolute Gasteiger partial charge is 0.545 e. The summed E-state index contributed by atoms with van der Waals surface area (Å²) in [4.78, 5) is 32.5. The molecule has 25 heavy (non-hydrogen) atoms. The van der Waals surface area contributed by atoms with Gasteiger partial charge in [0, 0.05) is 5.69 Å². The first-order valence-electron chi connectivity index (χ1n) is 7.51. The molecule has 3 rings (SSSR count). The number of esters is 1. The van der Waals surface area contributed by atoms with Gasteiger partial charge in [0.2, 0.25) is 0 Å². The lowest BCUT2D eigenvalue weighted by atomic mass is 10.2. The third kappa shape index (κ3) is 3.29. The zero-order valence-corrected chi connectivity index (χ0v) is 14.3. The number of fused-ring (bicyclic) bond motifs is 1. The van der Waals surface area contributed by atoms with Gasteiger partial charge in [-0.15, -0.1) is 11.3 Å². The summed E-state index contributed by atoms with van der Waals surface area (Å²) < 4.78 is 5.07. The van der Waals surface area contributed by atoms with E-state index in [2.05, 4.69) is 15.3 Å². The molecule has 0 unspecified atom stereocenters. The van der Waals surface area contributed by atoms with Crippen molar-refractivity contribution in [2.75, 3.05) is 11.9 Å². The highest BCUT2D eigenvalue weighted by Crippen LogP contribution is 2.34. The molecule has 3 aromatic rings. The lowest BCUT2D eigenvalue weighted by Crippen LogP contribution is -2.21. The van der Waals surface area contributed by atoms with Crippen molar-refractivity contribution in [1.82, 2.24) is 9.97 Å². The highest BCUT2D eigenvalue weighted by atomic mass is 32.1. The Morgan fingerprint density at radius 3 is 2.60 bits per heavy atom. The average Bonchev–Trinajstić information content (AvgIpc) is 2.94. The Hall–Kier alpha value is -3.00. The lowest BCUT2D eigenvalue weighted by molar-refractivity contribution is -0.255. The molecular formula is C17H14N3O4S-. The number of carboxylic acid groups (broad SMARTS) is 1. The minimum absolute atomic E-state index is 0.0923. The predicted octanol–water partition coefficient (Wildman–Crippen LogP) is 2.28. The van der Waals surface area contributed by atoms with Gasteiger partial charge < -0.3 is 20.0 Å². The van der Waals surface area contributed by atoms with E-state index in [1.54, 1.807) is 19.1 Å². The van der Waals surface area contributed by atoms with E-state index in [-0.39, 0.29) is 11.5 Å². The number of nitrogens with one attached hydrogen (secondary N) is 1. The first-order chi connectivity index (χ1) is 12.0. The highest BCUT2D eigenvalue weighted by Gasteiger charge is 2.20. The molecule has 0 saturated carbocycles. The topological polar surface area (TPSA) is 104 Å². The summed E-state index contributed by atoms with van der Waals surface area (Å²) in [7, 11) is 0. The SMILES string of the molecule is CCOC(=O)c1sc2ncnc(Nc3ccc(C(=O)[O-])cc3)c2c1C. The van der Waals surface area contributed by atoms with Gasteiger partial charge in [-0.3, -0.25) is 0 Å². The van der Waals surface area contributed by atoms with Gasteiger partial charge in [-0.05, 0) is 37.1 Å². The number of rotatable bonds is 5. The number of carboxylic acids is 1. The zero-order valence-electron chi connectivity index (χ0n) is 13.5. The molecule has 1 N–H and O–H groups in total. The van der Waals surface area contributed by atoms with Gasteiger partial charge in [-0.2, -0.15) is 0 Å². The number of aryl methyl sites for hydroxylation is 1. The number of aromatic nitrogens is 2. The summed E-state index contributed by atoms with van der Waals surface area (Å²) >= 11 is 1.25. The molecule has 0 saturated heterocycles. The van der Waals surface area contributed by atoms with Crippen LogP contribution < -0.4 is 10.4 Å². The zero-order chi connectivity index (χ0) is 18.0. The van der Waals surface area contributed by atoms with Crippen LogP contribution in [0.5, 0.6) is 0 Å². The van der Waals surface area contributed by atoms with E-state index < -0.39 is 5.97 Å². The fourth-order valence-corrected chi connectivity index (χ4v) is 3.43. The molecule has 0 aliphatic heterocycles. The third-order valence-corrected chi connectivity index (χ3v) is 4.75. The van der Waals surface area contributed by atoms with Crippen LogP contribution in [-0.2, 0) is 4.74 Å². The van der Waals surface area contributed by atoms with Crippen molar-refractivity contribution in [1.29, 1.82) is 0 Å². The molecule has 2 heterocycles. The number of anilines is 2. The number of thiophene rings is 1. The van der Waals surface area contributed by atoms with Gasteiger partial charge in [-0.1, -0.05) is 12.1 Å². The van der Waals surface area contributed by atoms with Crippen LogP contribution in [0.15, 0.2) is 30.6 Å². The number of hydrogen-bond donors (Lipinski definition) is 1. The standard InChI is InChI=1S/C17H15N3O4S/c1-3-24-17(23)13-9(2)12-14(18-8-19-15(12)25-13)20-11-6-4-10(5-7-11)16(21)22/h4-8H,3H2,1-2H3,(H,21,22)(H,18,19,20)/p-1. The van der Waals surface area contributed by atoms with E-state index in [4.69, 9.17) is 4.74 Å². The molecule has 0 aliphatic rings. The molecule has 1 aromatic carbocycles. The summed E-state index contributed by atoms with van der Waals surface area (Å²) in [6.07, 6.45) is 1.41. The molecular weight excluding hydrogens is 342 g/mol. The predicted molar refractivity (Wildman–Crippen MR) is 92.2 cm³/mol. The van der Waals surface area contributed by atoms with Gasteiger partial charge in [0.15, 0.2) is 0 Å². The summed E-state index contributed by atoms with van der Waals surface area (Å²) in [5.41, 5.74) is 1.50. The Kier molecular flexibility index (Phi) is 4.62. The number of hydrogen-bond acceptors (Lipinski definition) is 8. The molecule has 0 aliphatic carbocycles. The fraction of sp³-hybridized carbons (Fsp3) is 0.176. The van der Waals surface area contributed by atoms with Crippen molar-refractivity contribution in [3.63, 3.8) is 0 Å². The van der Waals surface area contributed by atoms with Crippen LogP contribution in [0, 0.1) is 6.92 Å². The second-order valence-electron chi connectivity index (χ2n) is 5.17. The average molecular weight is 356 g/mol. The van der Waals surface area contributed by atoms with E-state index in [1.165, 1.54) is 29.8 Å². The van der Waals surface area contributed by atoms with Gasteiger partial charge in [-0.25, -0.2) is 14.8 Å². The van der Waals surface area contributed by atoms with Crippen LogP contribution in [0.2, 0.25) is 0 Å². The summed E-state index contributed by atoms with van der Waals surface area (Å²) in [6.45, 7) is 3.87. The van der Waals surface area contributed by atoms with Crippen molar-refractivity contribution in [3.8, 4) is 0 Å². The van der Waals surface area contributed by atoms with Crippen molar-refractivity contribution >= 4 is 45.0 Å². The Morgan fingerprint density at radius 2 is 1.96 bits per heavy atom. The lowest BCUT2D eigenvalue weighted by Gasteiger charge is -2.09. The van der Waals surface area contributed by atoms with Gasteiger partial charge in [0.25, 0.3) is 0 Å². The Bertz CT molecular complexity index is 950. The Morgan fingerprint density at radius 1 is 1.24 bits per heavy atom. The van der Waals surface area contributed by atoms with Crippen molar-refractivity contribution in [2.45, 2.75) is 13.8 Å². The van der Waals surface area contributed by atoms with E-state index >= 15 is 0 Å². The van der Waals surface area contributed by atoms with Crippen LogP contribution in [0.25, 0.3) is 10.2 Å². The Balaban J connectivity index is 1.99. The summed E-state index contributed by atoms with van der Waals surface area (Å²) in [5.74, 6) is -1.08. The molecule has 0 amide bonds. The summed E-state index contributed by atoms with van der Waals surface area (Å²) in [6, 6.07) is 6.13. The fourth-order valence-electron chi connectivity index (χ4n) is 2.38. The van der Waals surface area contributed by atoms with Crippen LogP contribution in [0.1, 0.15) is 32.5 Å². The normalized spacial score (nSPS) is 10.6. The van der Waals surface area contributed by atoms with Crippen LogP contribution in [0.3, 0.4) is 0 Å². The third-order valence-electron chi connectivity index (χ3n) is 3.57. The number of carbonyl (C=O) groups is 2. The molecule has 0 radical (unpaired) electrons. The van der Waals surface area contributed by atoms with E-state index in [0.717, 1.165) is 10.9 Å². The maximum absolute atomic E-state index is 12.1. The number of carbonyl (C=O) groups excluding carboxylic acids is 2. The van der Waals surface area contributed by atoms with Gasteiger partial charge >= 0.3 is 5.97 Å². The maximum Gasteiger partial charge on any atom is 0.348 e. The van der Waals surface area contributed by atoms with Crippen LogP contribution >= 0.6 is 11.3 Å². The first kappa shape index (κ1) is 16.8.